The molecule has 0 fully saturated rings. The van der Waals surface area contributed by atoms with Gasteiger partial charge in [-0.3, -0.25) is 14.8 Å². The Morgan fingerprint density at radius 2 is 1.81 bits per heavy atom. The number of nitrogens with zero attached hydrogens (tertiary/aromatic N) is 4. The lowest BCUT2D eigenvalue weighted by Gasteiger charge is -2.08. The van der Waals surface area contributed by atoms with Crippen LogP contribution in [0, 0.1) is 27.7 Å². The molecule has 0 aliphatic heterocycles. The number of aromatic nitrogens is 4. The molecule has 3 aromatic rings. The summed E-state index contributed by atoms with van der Waals surface area (Å²) >= 11 is 3.54. The Bertz CT molecular complexity index is 960. The first-order valence-corrected chi connectivity index (χ1v) is 9.05. The molecular formula is C19H20BrN5O. The van der Waals surface area contributed by atoms with Crippen LogP contribution < -0.4 is 5.32 Å². The Hall–Kier alpha value is -2.54. The average molecular weight is 414 g/mol. The van der Waals surface area contributed by atoms with Crippen molar-refractivity contribution in [3.63, 3.8) is 0 Å². The van der Waals surface area contributed by atoms with Crippen molar-refractivity contribution in [1.29, 1.82) is 0 Å². The minimum atomic E-state index is -0.230. The highest BCUT2D eigenvalue weighted by Crippen LogP contribution is 2.21. The minimum Gasteiger partial charge on any atom is -0.290 e. The van der Waals surface area contributed by atoms with Gasteiger partial charge in [0.1, 0.15) is 0 Å². The Morgan fingerprint density at radius 1 is 1.12 bits per heavy atom. The molecule has 1 amide bonds. The summed E-state index contributed by atoms with van der Waals surface area (Å²) in [6, 6.07) is 9.35. The maximum atomic E-state index is 12.5. The number of rotatable bonds is 4. The van der Waals surface area contributed by atoms with Gasteiger partial charge in [-0.1, -0.05) is 12.1 Å². The number of hydrogen-bond acceptors (Lipinski definition) is 4. The molecule has 0 unspecified atom stereocenters. The molecule has 0 spiro atoms. The van der Waals surface area contributed by atoms with E-state index in [1.807, 2.05) is 56.6 Å². The molecule has 134 valence electrons. The van der Waals surface area contributed by atoms with E-state index in [2.05, 4.69) is 36.3 Å². The first-order valence-electron chi connectivity index (χ1n) is 8.25. The molecule has 6 nitrogen and oxygen atoms in total. The third-order valence-electron chi connectivity index (χ3n) is 4.02. The lowest BCUT2D eigenvalue weighted by molar-refractivity contribution is 0.102. The zero-order valence-electron chi connectivity index (χ0n) is 15.2. The predicted molar refractivity (Wildman–Crippen MR) is 104 cm³/mol. The van der Waals surface area contributed by atoms with Crippen LogP contribution in [-0.4, -0.2) is 25.7 Å². The highest BCUT2D eigenvalue weighted by atomic mass is 79.9. The zero-order chi connectivity index (χ0) is 18.8. The fraction of sp³-hybridized carbons (Fsp3) is 0.263. The van der Waals surface area contributed by atoms with E-state index in [1.165, 1.54) is 0 Å². The third kappa shape index (κ3) is 3.99. The van der Waals surface area contributed by atoms with Crippen molar-refractivity contribution in [3.05, 3.63) is 68.7 Å². The van der Waals surface area contributed by atoms with E-state index in [0.29, 0.717) is 18.1 Å². The van der Waals surface area contributed by atoms with Gasteiger partial charge >= 0.3 is 0 Å². The predicted octanol–water partition coefficient (Wildman–Crippen LogP) is 3.97. The molecule has 1 aromatic carbocycles. The Kier molecular flexibility index (Phi) is 5.18. The van der Waals surface area contributed by atoms with Gasteiger partial charge in [-0.25, -0.2) is 9.97 Å². The highest BCUT2D eigenvalue weighted by molar-refractivity contribution is 9.10. The molecule has 0 saturated carbocycles. The first-order chi connectivity index (χ1) is 12.3. The van der Waals surface area contributed by atoms with Crippen LogP contribution in [0.4, 0.5) is 5.95 Å². The second-order valence-corrected chi connectivity index (χ2v) is 7.06. The maximum Gasteiger partial charge on any atom is 0.258 e. The summed E-state index contributed by atoms with van der Waals surface area (Å²) in [6.45, 7) is 8.31. The summed E-state index contributed by atoms with van der Waals surface area (Å²) in [7, 11) is 0. The van der Waals surface area contributed by atoms with Crippen LogP contribution in [0.1, 0.15) is 38.7 Å². The van der Waals surface area contributed by atoms with E-state index in [9.17, 15) is 4.79 Å². The molecule has 2 aromatic heterocycles. The number of amides is 1. The molecule has 0 aliphatic carbocycles. The average Bonchev–Trinajstić information content (AvgIpc) is 2.81. The van der Waals surface area contributed by atoms with Crippen LogP contribution >= 0.6 is 15.9 Å². The Morgan fingerprint density at radius 3 is 2.42 bits per heavy atom. The molecule has 0 atom stereocenters. The van der Waals surface area contributed by atoms with Gasteiger partial charge in [0.15, 0.2) is 0 Å². The first kappa shape index (κ1) is 18.3. The Balaban J connectivity index is 1.80. The summed E-state index contributed by atoms with van der Waals surface area (Å²) in [6.07, 6.45) is 0. The van der Waals surface area contributed by atoms with Crippen molar-refractivity contribution in [2.75, 3.05) is 5.32 Å². The minimum absolute atomic E-state index is 0.230. The van der Waals surface area contributed by atoms with Gasteiger partial charge in [-0.05, 0) is 67.4 Å². The number of benzene rings is 1. The molecule has 2 heterocycles. The number of hydrogen-bond donors (Lipinski definition) is 1. The molecule has 0 aliphatic rings. The second-order valence-electron chi connectivity index (χ2n) is 6.27. The van der Waals surface area contributed by atoms with Gasteiger partial charge in [0.05, 0.1) is 22.4 Å². The summed E-state index contributed by atoms with van der Waals surface area (Å²) < 4.78 is 2.93. The van der Waals surface area contributed by atoms with Gasteiger partial charge in [-0.15, -0.1) is 0 Å². The molecule has 3 rings (SSSR count). The fourth-order valence-electron chi connectivity index (χ4n) is 2.77. The lowest BCUT2D eigenvalue weighted by atomic mass is 10.1. The summed E-state index contributed by atoms with van der Waals surface area (Å²) in [5, 5.41) is 7.28. The summed E-state index contributed by atoms with van der Waals surface area (Å²) in [4.78, 5) is 21.0. The molecule has 26 heavy (non-hydrogen) atoms. The van der Waals surface area contributed by atoms with Crippen molar-refractivity contribution in [3.8, 4) is 0 Å². The van der Waals surface area contributed by atoms with E-state index < -0.39 is 0 Å². The van der Waals surface area contributed by atoms with Gasteiger partial charge < -0.3 is 0 Å². The lowest BCUT2D eigenvalue weighted by Crippen LogP contribution is -2.15. The van der Waals surface area contributed by atoms with E-state index >= 15 is 0 Å². The van der Waals surface area contributed by atoms with Gasteiger partial charge in [0.2, 0.25) is 5.95 Å². The van der Waals surface area contributed by atoms with Crippen LogP contribution in [0.25, 0.3) is 0 Å². The highest BCUT2D eigenvalue weighted by Gasteiger charge is 2.12. The van der Waals surface area contributed by atoms with E-state index in [0.717, 1.165) is 32.8 Å². The quantitative estimate of drug-likeness (QED) is 0.701. The monoisotopic (exact) mass is 413 g/mol. The number of carbonyl (C=O) groups excluding carboxylic acids is 1. The number of anilines is 1. The number of halogens is 1. The van der Waals surface area contributed by atoms with Gasteiger partial charge in [-0.2, -0.15) is 5.10 Å². The summed E-state index contributed by atoms with van der Waals surface area (Å²) in [5.41, 5.74) is 5.20. The van der Waals surface area contributed by atoms with Gasteiger partial charge in [0, 0.05) is 17.0 Å². The third-order valence-corrected chi connectivity index (χ3v) is 5.17. The van der Waals surface area contributed by atoms with Gasteiger partial charge in [0.25, 0.3) is 5.91 Å². The van der Waals surface area contributed by atoms with Crippen LogP contribution in [0.3, 0.4) is 0 Å². The number of carbonyl (C=O) groups is 1. The topological polar surface area (TPSA) is 72.7 Å². The summed E-state index contributed by atoms with van der Waals surface area (Å²) in [5.74, 6) is 0.0896. The van der Waals surface area contributed by atoms with E-state index in [1.54, 1.807) is 6.07 Å². The largest absolute Gasteiger partial charge is 0.290 e. The maximum absolute atomic E-state index is 12.5. The molecule has 7 heteroatoms. The fourth-order valence-corrected chi connectivity index (χ4v) is 3.05. The standard InChI is InChI=1S/C19H20BrN5O/c1-11-8-12(2)22-19(21-11)23-18(26)16-7-5-6-15(9-16)10-25-14(4)17(20)13(3)24-25/h5-9H,10H2,1-4H3,(H,21,22,23,26). The van der Waals surface area contributed by atoms with E-state index in [-0.39, 0.29) is 5.91 Å². The van der Waals surface area contributed by atoms with Crippen LogP contribution in [-0.2, 0) is 6.54 Å². The van der Waals surface area contributed by atoms with Crippen LogP contribution in [0.5, 0.6) is 0 Å². The molecular weight excluding hydrogens is 394 g/mol. The van der Waals surface area contributed by atoms with Crippen molar-refractivity contribution < 1.29 is 4.79 Å². The second kappa shape index (κ2) is 7.37. The SMILES string of the molecule is Cc1cc(C)nc(NC(=O)c2cccc(Cn3nc(C)c(Br)c3C)c2)n1. The van der Waals surface area contributed by atoms with Crippen molar-refractivity contribution in [1.82, 2.24) is 19.7 Å². The van der Waals surface area contributed by atoms with Crippen LogP contribution in [0.2, 0.25) is 0 Å². The number of nitrogens with one attached hydrogen (secondary N) is 1. The molecule has 0 bridgehead atoms. The van der Waals surface area contributed by atoms with Crippen molar-refractivity contribution in [2.24, 2.45) is 0 Å². The molecule has 0 radical (unpaired) electrons. The smallest absolute Gasteiger partial charge is 0.258 e. The number of aryl methyl sites for hydroxylation is 3. The normalized spacial score (nSPS) is 10.8. The van der Waals surface area contributed by atoms with E-state index in [4.69, 9.17) is 0 Å². The molecule has 1 N–H and O–H groups in total. The van der Waals surface area contributed by atoms with Crippen molar-refractivity contribution in [2.45, 2.75) is 34.2 Å². The zero-order valence-corrected chi connectivity index (χ0v) is 16.8. The van der Waals surface area contributed by atoms with Crippen molar-refractivity contribution >= 4 is 27.8 Å². The van der Waals surface area contributed by atoms with Crippen LogP contribution in [0.15, 0.2) is 34.8 Å². The Labute approximate surface area is 160 Å². The molecule has 0 saturated heterocycles.